The Labute approximate surface area is 188 Å². The fourth-order valence-electron chi connectivity index (χ4n) is 3.62. The van der Waals surface area contributed by atoms with Crippen molar-refractivity contribution >= 4 is 16.9 Å². The minimum atomic E-state index is -0.211. The van der Waals surface area contributed by atoms with Gasteiger partial charge in [0.2, 0.25) is 0 Å². The molecule has 0 aliphatic carbocycles. The Morgan fingerprint density at radius 2 is 1.81 bits per heavy atom. The molecule has 4 rings (SSSR count). The predicted molar refractivity (Wildman–Crippen MR) is 126 cm³/mol. The number of imidazole rings is 1. The topological polar surface area (TPSA) is 69.0 Å². The first-order chi connectivity index (χ1) is 15.6. The van der Waals surface area contributed by atoms with Crippen molar-refractivity contribution in [2.75, 3.05) is 6.61 Å². The Kier molecular flexibility index (Phi) is 6.80. The zero-order valence-corrected chi connectivity index (χ0v) is 18.5. The largest absolute Gasteiger partial charge is 0.494 e. The molecule has 0 aliphatic heterocycles. The van der Waals surface area contributed by atoms with E-state index in [-0.39, 0.29) is 5.91 Å². The predicted octanol–water partition coefficient (Wildman–Crippen LogP) is 4.95. The van der Waals surface area contributed by atoms with Gasteiger partial charge in [0, 0.05) is 12.7 Å². The van der Waals surface area contributed by atoms with Crippen molar-refractivity contribution in [3.05, 3.63) is 90.0 Å². The Balaban J connectivity index is 1.39. The summed E-state index contributed by atoms with van der Waals surface area (Å²) in [6, 6.07) is 21.6. The van der Waals surface area contributed by atoms with Crippen LogP contribution in [0.15, 0.2) is 72.9 Å². The number of hydrogen-bond acceptors (Lipinski definition) is 4. The number of fused-ring (bicyclic) bond motifs is 1. The van der Waals surface area contributed by atoms with Gasteiger partial charge < -0.3 is 14.6 Å². The first-order valence-corrected chi connectivity index (χ1v) is 11.0. The van der Waals surface area contributed by atoms with Crippen molar-refractivity contribution < 1.29 is 9.53 Å². The zero-order chi connectivity index (χ0) is 22.3. The van der Waals surface area contributed by atoms with E-state index in [0.29, 0.717) is 24.8 Å². The minimum Gasteiger partial charge on any atom is -0.494 e. The van der Waals surface area contributed by atoms with Gasteiger partial charge in [-0.1, -0.05) is 44.2 Å². The Morgan fingerprint density at radius 3 is 2.56 bits per heavy atom. The van der Waals surface area contributed by atoms with Crippen LogP contribution in [0.1, 0.15) is 48.1 Å². The molecule has 0 atom stereocenters. The quantitative estimate of drug-likeness (QED) is 0.383. The summed E-state index contributed by atoms with van der Waals surface area (Å²) in [6.07, 6.45) is 2.44. The Hall–Kier alpha value is -3.67. The third kappa shape index (κ3) is 5.14. The normalized spacial score (nSPS) is 11.1. The molecule has 2 aromatic heterocycles. The second kappa shape index (κ2) is 10.1. The summed E-state index contributed by atoms with van der Waals surface area (Å²) in [5.41, 5.74) is 3.67. The fourth-order valence-corrected chi connectivity index (χ4v) is 3.62. The van der Waals surface area contributed by atoms with E-state index in [9.17, 15) is 4.79 Å². The molecule has 2 heterocycles. The van der Waals surface area contributed by atoms with Crippen LogP contribution in [0.4, 0.5) is 0 Å². The zero-order valence-electron chi connectivity index (χ0n) is 18.5. The Bertz CT molecular complexity index is 1170. The number of amides is 1. The highest BCUT2D eigenvalue weighted by Crippen LogP contribution is 2.20. The van der Waals surface area contributed by atoms with E-state index in [2.05, 4.69) is 46.9 Å². The number of hydrogen-bond donors (Lipinski definition) is 1. The third-order valence-corrected chi connectivity index (χ3v) is 5.38. The highest BCUT2D eigenvalue weighted by Gasteiger charge is 2.13. The molecule has 6 heteroatoms. The van der Waals surface area contributed by atoms with E-state index in [1.165, 1.54) is 5.56 Å². The summed E-state index contributed by atoms with van der Waals surface area (Å²) in [5, 5.41) is 2.93. The maximum Gasteiger partial charge on any atom is 0.270 e. The highest BCUT2D eigenvalue weighted by molar-refractivity contribution is 5.92. The number of carbonyl (C=O) groups is 1. The van der Waals surface area contributed by atoms with Crippen LogP contribution in [0.3, 0.4) is 0 Å². The molecular formula is C26H28N4O2. The van der Waals surface area contributed by atoms with E-state index in [1.807, 2.05) is 30.3 Å². The first kappa shape index (κ1) is 21.6. The SMILES string of the molecule is CC(C)c1ccc(OCCCn2c(CNC(=O)c3ccccn3)nc3ccccc32)cc1. The fraction of sp³-hybridized carbons (Fsp3) is 0.269. The maximum absolute atomic E-state index is 12.4. The van der Waals surface area contributed by atoms with Crippen LogP contribution in [0.2, 0.25) is 0 Å². The molecule has 1 N–H and O–H groups in total. The average molecular weight is 429 g/mol. The van der Waals surface area contributed by atoms with Gasteiger partial charge in [-0.2, -0.15) is 0 Å². The first-order valence-electron chi connectivity index (χ1n) is 11.0. The van der Waals surface area contributed by atoms with Gasteiger partial charge in [0.25, 0.3) is 5.91 Å². The summed E-state index contributed by atoms with van der Waals surface area (Å²) < 4.78 is 8.09. The van der Waals surface area contributed by atoms with E-state index >= 15 is 0 Å². The molecule has 1 amide bonds. The monoisotopic (exact) mass is 428 g/mol. The van der Waals surface area contributed by atoms with Crippen LogP contribution >= 0.6 is 0 Å². The van der Waals surface area contributed by atoms with Gasteiger partial charge in [0.15, 0.2) is 0 Å². The van der Waals surface area contributed by atoms with Crippen molar-refractivity contribution in [3.8, 4) is 5.75 Å². The lowest BCUT2D eigenvalue weighted by atomic mass is 10.0. The molecule has 164 valence electrons. The van der Waals surface area contributed by atoms with Crippen molar-refractivity contribution in [2.24, 2.45) is 0 Å². The Morgan fingerprint density at radius 1 is 1.03 bits per heavy atom. The molecule has 6 nitrogen and oxygen atoms in total. The number of para-hydroxylation sites is 2. The third-order valence-electron chi connectivity index (χ3n) is 5.38. The average Bonchev–Trinajstić information content (AvgIpc) is 3.18. The molecule has 0 bridgehead atoms. The van der Waals surface area contributed by atoms with Gasteiger partial charge in [0.05, 0.1) is 24.2 Å². The molecule has 0 radical (unpaired) electrons. The van der Waals surface area contributed by atoms with E-state index in [4.69, 9.17) is 9.72 Å². The molecule has 0 fully saturated rings. The van der Waals surface area contributed by atoms with Gasteiger partial charge >= 0.3 is 0 Å². The maximum atomic E-state index is 12.4. The minimum absolute atomic E-state index is 0.211. The molecule has 0 aliphatic rings. The second-order valence-corrected chi connectivity index (χ2v) is 7.99. The van der Waals surface area contributed by atoms with Crippen LogP contribution in [0.5, 0.6) is 5.75 Å². The molecule has 0 saturated carbocycles. The standard InChI is InChI=1S/C26H28N4O2/c1-19(2)20-11-13-21(14-12-20)32-17-7-16-30-24-10-4-3-8-22(24)29-25(30)18-28-26(31)23-9-5-6-15-27-23/h3-6,8-15,19H,7,16-18H2,1-2H3,(H,28,31). The summed E-state index contributed by atoms with van der Waals surface area (Å²) >= 11 is 0. The number of nitrogens with zero attached hydrogens (tertiary/aromatic N) is 3. The molecule has 0 unspecified atom stereocenters. The van der Waals surface area contributed by atoms with Crippen molar-refractivity contribution in [2.45, 2.75) is 39.3 Å². The summed E-state index contributed by atoms with van der Waals surface area (Å²) in [5.74, 6) is 2.00. The molecule has 32 heavy (non-hydrogen) atoms. The lowest BCUT2D eigenvalue weighted by Crippen LogP contribution is -2.25. The van der Waals surface area contributed by atoms with E-state index < -0.39 is 0 Å². The van der Waals surface area contributed by atoms with E-state index in [1.54, 1.807) is 24.4 Å². The second-order valence-electron chi connectivity index (χ2n) is 7.99. The molecule has 0 spiro atoms. The molecular weight excluding hydrogens is 400 g/mol. The summed E-state index contributed by atoms with van der Waals surface area (Å²) in [6.45, 7) is 6.05. The number of ether oxygens (including phenoxy) is 1. The number of rotatable bonds is 9. The lowest BCUT2D eigenvalue weighted by Gasteiger charge is -2.12. The number of benzene rings is 2. The number of aromatic nitrogens is 3. The van der Waals surface area contributed by atoms with Gasteiger partial charge in [-0.25, -0.2) is 4.98 Å². The summed E-state index contributed by atoms with van der Waals surface area (Å²) in [4.78, 5) is 21.2. The number of nitrogens with one attached hydrogen (secondary N) is 1. The molecule has 4 aromatic rings. The smallest absolute Gasteiger partial charge is 0.270 e. The van der Waals surface area contributed by atoms with Crippen LogP contribution in [0.25, 0.3) is 11.0 Å². The van der Waals surface area contributed by atoms with Crippen molar-refractivity contribution in [1.82, 2.24) is 19.9 Å². The van der Waals surface area contributed by atoms with Crippen LogP contribution < -0.4 is 10.1 Å². The number of carbonyl (C=O) groups excluding carboxylic acids is 1. The van der Waals surface area contributed by atoms with Crippen LogP contribution in [-0.4, -0.2) is 27.0 Å². The van der Waals surface area contributed by atoms with E-state index in [0.717, 1.165) is 35.6 Å². The van der Waals surface area contributed by atoms with Crippen LogP contribution in [-0.2, 0) is 13.1 Å². The van der Waals surface area contributed by atoms with Gasteiger partial charge in [-0.3, -0.25) is 9.78 Å². The lowest BCUT2D eigenvalue weighted by molar-refractivity contribution is 0.0944. The number of pyridine rings is 1. The van der Waals surface area contributed by atoms with Gasteiger partial charge in [-0.15, -0.1) is 0 Å². The van der Waals surface area contributed by atoms with Crippen molar-refractivity contribution in [1.29, 1.82) is 0 Å². The van der Waals surface area contributed by atoms with Crippen LogP contribution in [0, 0.1) is 0 Å². The number of aryl methyl sites for hydroxylation is 1. The van der Waals surface area contributed by atoms with Crippen molar-refractivity contribution in [3.63, 3.8) is 0 Å². The molecule has 2 aromatic carbocycles. The highest BCUT2D eigenvalue weighted by atomic mass is 16.5. The molecule has 0 saturated heterocycles. The summed E-state index contributed by atoms with van der Waals surface area (Å²) in [7, 11) is 0. The van der Waals surface area contributed by atoms with Gasteiger partial charge in [-0.05, 0) is 54.3 Å². The van der Waals surface area contributed by atoms with Gasteiger partial charge in [0.1, 0.15) is 17.3 Å².